The van der Waals surface area contributed by atoms with Crippen molar-refractivity contribution in [3.05, 3.63) is 51.6 Å². The SMILES string of the molecule is CCC.CCC(C)(N)C(=O)C1CCC(CN2C(=O)CC(SCC(=O)[C@@]3(O)CCc4c(O)c5c(c(O)c4C3)C(=O)c3cccc(OC)c3C5=O)C2=O)CC1.O[C@H]1CCCCO1. The summed E-state index contributed by atoms with van der Waals surface area (Å²) in [5.41, 5.74) is 2.71. The molecule has 2 amide bonds. The van der Waals surface area contributed by atoms with Crippen LogP contribution in [0.25, 0.3) is 0 Å². The number of phenolic OH excluding ortho intramolecular Hbond substituents is 2. The van der Waals surface area contributed by atoms with Gasteiger partial charge in [0.25, 0.3) is 0 Å². The lowest BCUT2D eigenvalue weighted by Crippen LogP contribution is -2.48. The molecule has 5 aliphatic rings. The van der Waals surface area contributed by atoms with Crippen LogP contribution in [0.15, 0.2) is 18.2 Å². The van der Waals surface area contributed by atoms with E-state index in [2.05, 4.69) is 13.8 Å². The van der Waals surface area contributed by atoms with Crippen molar-refractivity contribution in [2.75, 3.05) is 26.0 Å². The van der Waals surface area contributed by atoms with Gasteiger partial charge in [-0.15, -0.1) is 11.8 Å². The lowest BCUT2D eigenvalue weighted by molar-refractivity contribution is -0.139. The van der Waals surface area contributed by atoms with Crippen molar-refractivity contribution >= 4 is 46.7 Å². The Balaban J connectivity index is 0.000000604. The number of ether oxygens (including phenoxy) is 2. The fourth-order valence-corrected chi connectivity index (χ4v) is 9.73. The van der Waals surface area contributed by atoms with E-state index in [9.17, 15) is 44.1 Å². The molecule has 0 aromatic heterocycles. The van der Waals surface area contributed by atoms with Crippen LogP contribution >= 0.6 is 11.8 Å². The summed E-state index contributed by atoms with van der Waals surface area (Å²) < 4.78 is 10.1. The van der Waals surface area contributed by atoms with Crippen LogP contribution in [0, 0.1) is 11.8 Å². The normalized spacial score (nSPS) is 25.7. The number of nitrogens with zero attached hydrogens (tertiary/aromatic N) is 1. The number of carbonyl (C=O) groups excluding carboxylic acids is 6. The molecule has 2 aromatic rings. The first kappa shape index (κ1) is 46.9. The third-order valence-electron chi connectivity index (χ3n) is 12.3. The van der Waals surface area contributed by atoms with Crippen LogP contribution in [0.1, 0.15) is 141 Å². The number of hydrogen-bond acceptors (Lipinski definition) is 14. The maximum absolute atomic E-state index is 13.5. The van der Waals surface area contributed by atoms with Crippen molar-refractivity contribution < 1.29 is 58.7 Å². The number of nitrogens with two attached hydrogens (primary N) is 1. The number of hydrogen-bond donors (Lipinski definition) is 5. The maximum Gasteiger partial charge on any atom is 0.242 e. The number of aliphatic hydroxyl groups excluding tert-OH is 1. The summed E-state index contributed by atoms with van der Waals surface area (Å²) in [5, 5.41) is 42.0. The number of aromatic hydroxyl groups is 2. The fraction of sp³-hybridized carbons (Fsp3) is 0.600. The monoisotopic (exact) mass is 852 g/mol. The number of aliphatic hydroxyl groups is 2. The Labute approximate surface area is 355 Å². The molecule has 60 heavy (non-hydrogen) atoms. The van der Waals surface area contributed by atoms with Gasteiger partial charge in [0, 0.05) is 48.6 Å². The predicted octanol–water partition coefficient (Wildman–Crippen LogP) is 4.96. The summed E-state index contributed by atoms with van der Waals surface area (Å²) in [7, 11) is 1.35. The first-order valence-electron chi connectivity index (χ1n) is 21.1. The molecule has 0 spiro atoms. The second kappa shape index (κ2) is 19.7. The van der Waals surface area contributed by atoms with Crippen LogP contribution in [0.5, 0.6) is 17.2 Å². The number of carbonyl (C=O) groups is 6. The number of benzene rings is 2. The molecular formula is C45H60N2O12S. The van der Waals surface area contributed by atoms with Crippen LogP contribution in [0.4, 0.5) is 0 Å². The van der Waals surface area contributed by atoms with Gasteiger partial charge in [-0.2, -0.15) is 0 Å². The van der Waals surface area contributed by atoms with E-state index < -0.39 is 63.5 Å². The van der Waals surface area contributed by atoms with Gasteiger partial charge in [-0.25, -0.2) is 0 Å². The van der Waals surface area contributed by atoms with E-state index >= 15 is 0 Å². The van der Waals surface area contributed by atoms with Crippen LogP contribution in [-0.4, -0.2) is 109 Å². The van der Waals surface area contributed by atoms with Crippen LogP contribution in [0.2, 0.25) is 0 Å². The highest BCUT2D eigenvalue weighted by atomic mass is 32.2. The van der Waals surface area contributed by atoms with E-state index in [4.69, 9.17) is 20.3 Å². The molecule has 328 valence electrons. The molecule has 0 radical (unpaired) electrons. The van der Waals surface area contributed by atoms with Gasteiger partial charge in [0.05, 0.1) is 40.3 Å². The van der Waals surface area contributed by atoms with E-state index in [0.29, 0.717) is 32.1 Å². The molecule has 2 unspecified atom stereocenters. The Kier molecular flexibility index (Phi) is 15.4. The van der Waals surface area contributed by atoms with Gasteiger partial charge < -0.3 is 35.6 Å². The van der Waals surface area contributed by atoms with E-state index in [-0.39, 0.29) is 94.6 Å². The molecule has 7 rings (SSSR count). The van der Waals surface area contributed by atoms with Crippen molar-refractivity contribution in [3.63, 3.8) is 0 Å². The number of imide groups is 1. The van der Waals surface area contributed by atoms with Gasteiger partial charge in [0.1, 0.15) is 22.8 Å². The van der Waals surface area contributed by atoms with Gasteiger partial charge in [-0.05, 0) is 83.1 Å². The average Bonchev–Trinajstić information content (AvgIpc) is 3.50. The Morgan fingerprint density at radius 3 is 2.20 bits per heavy atom. The number of fused-ring (bicyclic) bond motifs is 3. The van der Waals surface area contributed by atoms with Gasteiger partial charge in [0.2, 0.25) is 17.6 Å². The molecule has 2 aromatic carbocycles. The van der Waals surface area contributed by atoms with E-state index in [1.807, 2.05) is 6.92 Å². The molecule has 6 N–H and O–H groups in total. The number of Topliss-reactive ketones (excluding diaryl/α,β-unsaturated/α-hetero) is 2. The highest BCUT2D eigenvalue weighted by Crippen LogP contribution is 2.48. The third-order valence-corrected chi connectivity index (χ3v) is 13.5. The highest BCUT2D eigenvalue weighted by molar-refractivity contribution is 8.01. The number of likely N-dealkylation sites (tertiary alicyclic amines) is 1. The van der Waals surface area contributed by atoms with Crippen LogP contribution in [-0.2, 0) is 36.8 Å². The lowest BCUT2D eigenvalue weighted by Gasteiger charge is -2.34. The molecule has 2 saturated heterocycles. The number of thioether (sulfide) groups is 1. The highest BCUT2D eigenvalue weighted by Gasteiger charge is 2.47. The smallest absolute Gasteiger partial charge is 0.242 e. The van der Waals surface area contributed by atoms with Gasteiger partial charge in [-0.1, -0.05) is 39.3 Å². The maximum atomic E-state index is 13.5. The summed E-state index contributed by atoms with van der Waals surface area (Å²) in [4.78, 5) is 80.8. The van der Waals surface area contributed by atoms with Gasteiger partial charge >= 0.3 is 0 Å². The molecule has 14 nitrogen and oxygen atoms in total. The second-order valence-electron chi connectivity index (χ2n) is 16.8. The quantitative estimate of drug-likeness (QED) is 0.134. The number of ketones is 4. The Bertz CT molecular complexity index is 1980. The molecule has 3 aliphatic carbocycles. The molecule has 1 saturated carbocycles. The van der Waals surface area contributed by atoms with Crippen molar-refractivity contribution in [2.24, 2.45) is 17.6 Å². The second-order valence-corrected chi connectivity index (χ2v) is 18.0. The van der Waals surface area contributed by atoms with Crippen LogP contribution < -0.4 is 10.5 Å². The zero-order valence-corrected chi connectivity index (χ0v) is 36.2. The van der Waals surface area contributed by atoms with E-state index in [1.54, 1.807) is 6.92 Å². The first-order valence-corrected chi connectivity index (χ1v) is 22.2. The Hall–Kier alpha value is -4.15. The third kappa shape index (κ3) is 9.65. The molecule has 2 heterocycles. The minimum Gasteiger partial charge on any atom is -0.507 e. The summed E-state index contributed by atoms with van der Waals surface area (Å²) in [6, 6.07) is 4.46. The number of methoxy groups -OCH3 is 1. The zero-order valence-electron chi connectivity index (χ0n) is 35.3. The molecule has 3 fully saturated rings. The van der Waals surface area contributed by atoms with Crippen molar-refractivity contribution in [2.45, 2.75) is 134 Å². The minimum atomic E-state index is -1.99. The summed E-state index contributed by atoms with van der Waals surface area (Å²) >= 11 is 0.977. The standard InChI is InChI=1S/C37H42N2O10S.C5H10O2.C3H8/c1-4-36(2,38)34(46)19-10-8-18(9-11-19)16-39-26(41)14-24(35(39)47)50-17-25(40)37(48)13-12-20-22(15-37)32(44)28-29(30(20)42)33(45)27-21(31(28)43)6-5-7-23(27)49-3;6-5-3-1-2-4-7-5;1-3-2/h5-7,18-19,24,42,44,48H,4,8-17,38H2,1-3H3;5-6H,1-4H2;3H2,1-2H3/t18?,19?,24?,36?,37-;5-;/m11./s1. The van der Waals surface area contributed by atoms with Crippen molar-refractivity contribution in [3.8, 4) is 17.2 Å². The molecule has 2 aliphatic heterocycles. The van der Waals surface area contributed by atoms with Crippen LogP contribution in [0.3, 0.4) is 0 Å². The molecule has 15 heteroatoms. The van der Waals surface area contributed by atoms with E-state index in [0.717, 1.165) is 37.6 Å². The van der Waals surface area contributed by atoms with E-state index in [1.165, 1.54) is 36.6 Å². The predicted molar refractivity (Wildman–Crippen MR) is 224 cm³/mol. The molecule has 0 bridgehead atoms. The topological polar surface area (TPSA) is 231 Å². The first-order chi connectivity index (χ1) is 28.4. The summed E-state index contributed by atoms with van der Waals surface area (Å²) in [6.45, 7) is 8.88. The zero-order chi connectivity index (χ0) is 44.1. The van der Waals surface area contributed by atoms with Crippen molar-refractivity contribution in [1.82, 2.24) is 4.90 Å². The molecule has 4 atom stereocenters. The number of rotatable bonds is 10. The average molecular weight is 853 g/mol. The minimum absolute atomic E-state index is 0.00125. The fourth-order valence-electron chi connectivity index (χ4n) is 8.58. The van der Waals surface area contributed by atoms with Gasteiger partial charge in [0.15, 0.2) is 23.6 Å². The largest absolute Gasteiger partial charge is 0.507 e. The number of phenols is 2. The van der Waals surface area contributed by atoms with Crippen molar-refractivity contribution in [1.29, 1.82) is 0 Å². The summed E-state index contributed by atoms with van der Waals surface area (Å²) in [5.74, 6) is -3.93. The number of amides is 2. The Morgan fingerprint density at radius 2 is 1.62 bits per heavy atom. The lowest BCUT2D eigenvalue weighted by atomic mass is 9.73. The summed E-state index contributed by atoms with van der Waals surface area (Å²) in [6.07, 6.45) is 6.39. The Morgan fingerprint density at radius 1 is 0.967 bits per heavy atom. The van der Waals surface area contributed by atoms with Gasteiger partial charge in [-0.3, -0.25) is 33.7 Å². The molecular weight excluding hydrogens is 793 g/mol.